The van der Waals surface area contributed by atoms with Crippen molar-refractivity contribution in [3.8, 4) is 5.69 Å². The maximum absolute atomic E-state index is 10.7. The molecule has 0 saturated carbocycles. The maximum atomic E-state index is 10.7. The fourth-order valence-corrected chi connectivity index (χ4v) is 3.19. The molecule has 0 atom stereocenters. The Morgan fingerprint density at radius 2 is 2.15 bits per heavy atom. The van der Waals surface area contributed by atoms with Crippen molar-refractivity contribution >= 4 is 56.9 Å². The average molecular weight is 396 g/mol. The fraction of sp³-hybridized carbons (Fsp3) is 0.167. The van der Waals surface area contributed by atoms with Gasteiger partial charge in [-0.05, 0) is 35.0 Å². The van der Waals surface area contributed by atoms with Crippen molar-refractivity contribution in [2.24, 2.45) is 0 Å². The molecule has 2 rings (SSSR count). The van der Waals surface area contributed by atoms with Gasteiger partial charge < -0.3 is 5.11 Å². The summed E-state index contributed by atoms with van der Waals surface area (Å²) in [5, 5.41) is 10.1. The first-order valence-electron chi connectivity index (χ1n) is 5.44. The van der Waals surface area contributed by atoms with E-state index in [1.54, 1.807) is 22.9 Å². The van der Waals surface area contributed by atoms with Crippen LogP contribution in [0.2, 0.25) is 10.0 Å². The molecule has 1 heterocycles. The van der Waals surface area contributed by atoms with Crippen LogP contribution in [0.15, 0.2) is 28.0 Å². The lowest BCUT2D eigenvalue weighted by atomic mass is 10.3. The molecule has 0 aliphatic rings. The number of hydrogen-bond acceptors (Lipinski definition) is 3. The Morgan fingerprint density at radius 3 is 2.80 bits per heavy atom. The summed E-state index contributed by atoms with van der Waals surface area (Å²) in [6.45, 7) is 1.83. The van der Waals surface area contributed by atoms with Gasteiger partial charge in [0.1, 0.15) is 0 Å². The molecule has 0 aliphatic carbocycles. The molecule has 0 spiro atoms. The molecular formula is C12H9BrCl2N2O2S. The lowest BCUT2D eigenvalue weighted by Crippen LogP contribution is -2.02. The predicted molar refractivity (Wildman–Crippen MR) is 84.4 cm³/mol. The van der Waals surface area contributed by atoms with Crippen LogP contribution in [0.3, 0.4) is 0 Å². The number of hydrogen-bond donors (Lipinski definition) is 1. The van der Waals surface area contributed by atoms with Crippen LogP contribution in [-0.4, -0.2) is 26.4 Å². The molecule has 2 aromatic rings. The van der Waals surface area contributed by atoms with Gasteiger partial charge in [0.25, 0.3) is 0 Å². The number of benzene rings is 1. The van der Waals surface area contributed by atoms with Gasteiger partial charge in [-0.15, -0.1) is 0 Å². The topological polar surface area (TPSA) is 55.1 Å². The van der Waals surface area contributed by atoms with Crippen LogP contribution in [0, 0.1) is 6.92 Å². The molecule has 4 nitrogen and oxygen atoms in total. The summed E-state index contributed by atoms with van der Waals surface area (Å²) >= 11 is 16.8. The van der Waals surface area contributed by atoms with E-state index in [1.165, 1.54) is 0 Å². The second kappa shape index (κ2) is 6.39. The van der Waals surface area contributed by atoms with Crippen LogP contribution in [-0.2, 0) is 4.79 Å². The van der Waals surface area contributed by atoms with Crippen molar-refractivity contribution in [3.05, 3.63) is 38.5 Å². The Morgan fingerprint density at radius 1 is 1.45 bits per heavy atom. The van der Waals surface area contributed by atoms with E-state index in [1.807, 2.05) is 6.92 Å². The molecule has 0 unspecified atom stereocenters. The second-order valence-corrected chi connectivity index (χ2v) is 6.46. The van der Waals surface area contributed by atoms with Gasteiger partial charge in [-0.3, -0.25) is 9.36 Å². The zero-order valence-electron chi connectivity index (χ0n) is 10.2. The number of carbonyl (C=O) groups is 1. The first kappa shape index (κ1) is 15.7. The van der Waals surface area contributed by atoms with Crippen LogP contribution < -0.4 is 0 Å². The normalized spacial score (nSPS) is 10.8. The van der Waals surface area contributed by atoms with Crippen molar-refractivity contribution in [2.75, 3.05) is 5.75 Å². The molecule has 0 bridgehead atoms. The zero-order chi connectivity index (χ0) is 14.9. The standard InChI is InChI=1S/C12H9BrCl2N2O2S/c1-6-4-17(12(16-6)20-5-9(18)19)8-3-2-7(13)10(14)11(8)15/h2-4H,5H2,1H3,(H,18,19). The minimum Gasteiger partial charge on any atom is -0.481 e. The number of carboxylic acids is 1. The Bertz CT molecular complexity index is 676. The van der Waals surface area contributed by atoms with Gasteiger partial charge in [0.2, 0.25) is 0 Å². The lowest BCUT2D eigenvalue weighted by Gasteiger charge is -2.10. The number of rotatable bonds is 4. The van der Waals surface area contributed by atoms with Crippen LogP contribution >= 0.6 is 50.9 Å². The summed E-state index contributed by atoms with van der Waals surface area (Å²) in [5.74, 6) is -0.972. The number of aryl methyl sites for hydroxylation is 1. The quantitative estimate of drug-likeness (QED) is 0.614. The van der Waals surface area contributed by atoms with Crippen LogP contribution in [0.1, 0.15) is 5.69 Å². The second-order valence-electron chi connectivity index (χ2n) is 3.91. The number of aliphatic carboxylic acids is 1. The Balaban J connectivity index is 2.47. The number of aromatic nitrogens is 2. The lowest BCUT2D eigenvalue weighted by molar-refractivity contribution is -0.133. The van der Waals surface area contributed by atoms with E-state index in [-0.39, 0.29) is 5.75 Å². The zero-order valence-corrected chi connectivity index (χ0v) is 14.1. The molecule has 8 heteroatoms. The highest BCUT2D eigenvalue weighted by Gasteiger charge is 2.15. The Kier molecular flexibility index (Phi) is 5.01. The Labute approximate surface area is 138 Å². The molecule has 0 aliphatic heterocycles. The highest BCUT2D eigenvalue weighted by Crippen LogP contribution is 2.36. The van der Waals surface area contributed by atoms with Crippen molar-refractivity contribution in [1.82, 2.24) is 9.55 Å². The third-order valence-electron chi connectivity index (χ3n) is 2.39. The smallest absolute Gasteiger partial charge is 0.313 e. The first-order valence-corrected chi connectivity index (χ1v) is 7.98. The van der Waals surface area contributed by atoms with Crippen molar-refractivity contribution in [2.45, 2.75) is 12.1 Å². The fourth-order valence-electron chi connectivity index (χ4n) is 1.58. The molecule has 1 N–H and O–H groups in total. The number of thioether (sulfide) groups is 1. The highest BCUT2D eigenvalue weighted by molar-refractivity contribution is 9.10. The van der Waals surface area contributed by atoms with Gasteiger partial charge in [-0.25, -0.2) is 4.98 Å². The summed E-state index contributed by atoms with van der Waals surface area (Å²) in [6.07, 6.45) is 1.79. The molecule has 0 fully saturated rings. The van der Waals surface area contributed by atoms with Crippen LogP contribution in [0.25, 0.3) is 5.69 Å². The van der Waals surface area contributed by atoms with E-state index in [9.17, 15) is 4.79 Å². The van der Waals surface area contributed by atoms with Crippen molar-refractivity contribution < 1.29 is 9.90 Å². The molecule has 1 aromatic carbocycles. The van der Waals surface area contributed by atoms with Crippen LogP contribution in [0.4, 0.5) is 0 Å². The SMILES string of the molecule is Cc1cn(-c2ccc(Br)c(Cl)c2Cl)c(SCC(=O)O)n1. The Hall–Kier alpha value is -0.690. The molecule has 0 radical (unpaired) electrons. The molecular weight excluding hydrogens is 387 g/mol. The van der Waals surface area contributed by atoms with Crippen LogP contribution in [0.5, 0.6) is 0 Å². The number of nitrogens with zero attached hydrogens (tertiary/aromatic N) is 2. The molecule has 0 saturated heterocycles. The maximum Gasteiger partial charge on any atom is 0.313 e. The summed E-state index contributed by atoms with van der Waals surface area (Å²) in [6, 6.07) is 3.58. The van der Waals surface area contributed by atoms with Crippen molar-refractivity contribution in [3.63, 3.8) is 0 Å². The van der Waals surface area contributed by atoms with E-state index >= 15 is 0 Å². The molecule has 20 heavy (non-hydrogen) atoms. The number of carboxylic acid groups (broad SMARTS) is 1. The number of imidazole rings is 1. The summed E-state index contributed by atoms with van der Waals surface area (Å²) < 4.78 is 2.44. The van der Waals surface area contributed by atoms with Gasteiger partial charge in [0.05, 0.1) is 27.2 Å². The monoisotopic (exact) mass is 394 g/mol. The van der Waals surface area contributed by atoms with E-state index in [0.29, 0.717) is 25.4 Å². The minimum atomic E-state index is -0.901. The number of halogens is 3. The summed E-state index contributed by atoms with van der Waals surface area (Å²) in [4.78, 5) is 15.0. The molecule has 1 aromatic heterocycles. The minimum absolute atomic E-state index is 0.0711. The molecule has 106 valence electrons. The van der Waals surface area contributed by atoms with E-state index in [4.69, 9.17) is 28.3 Å². The van der Waals surface area contributed by atoms with E-state index < -0.39 is 5.97 Å². The third kappa shape index (κ3) is 3.31. The summed E-state index contributed by atoms with van der Waals surface area (Å²) in [5.41, 5.74) is 1.43. The predicted octanol–water partition coefficient (Wildman–Crippen LogP) is 4.43. The summed E-state index contributed by atoms with van der Waals surface area (Å²) in [7, 11) is 0. The van der Waals surface area contributed by atoms with Gasteiger partial charge in [-0.1, -0.05) is 35.0 Å². The largest absolute Gasteiger partial charge is 0.481 e. The van der Waals surface area contributed by atoms with Gasteiger partial charge in [-0.2, -0.15) is 0 Å². The van der Waals surface area contributed by atoms with Gasteiger partial charge in [0.15, 0.2) is 5.16 Å². The van der Waals surface area contributed by atoms with Gasteiger partial charge in [0, 0.05) is 10.7 Å². The third-order valence-corrected chi connectivity index (χ3v) is 5.09. The van der Waals surface area contributed by atoms with E-state index in [0.717, 1.165) is 17.5 Å². The highest BCUT2D eigenvalue weighted by atomic mass is 79.9. The van der Waals surface area contributed by atoms with Gasteiger partial charge >= 0.3 is 5.97 Å². The average Bonchev–Trinajstić information content (AvgIpc) is 2.75. The van der Waals surface area contributed by atoms with Crippen molar-refractivity contribution in [1.29, 1.82) is 0 Å². The first-order chi connectivity index (χ1) is 9.40. The molecule has 0 amide bonds. The van der Waals surface area contributed by atoms with E-state index in [2.05, 4.69) is 20.9 Å².